The zero-order chi connectivity index (χ0) is 7.78. The first-order valence-corrected chi connectivity index (χ1v) is 3.99. The molecule has 2 heterocycles. The lowest BCUT2D eigenvalue weighted by atomic mass is 10.6. The fourth-order valence-electron chi connectivity index (χ4n) is 0.434. The predicted octanol–water partition coefficient (Wildman–Crippen LogP) is 1.69. The number of allylic oxidation sites excluding steroid dienone is 2. The Morgan fingerprint density at radius 1 is 1.36 bits per heavy atom. The first-order chi connectivity index (χ1) is 5.50. The highest BCUT2D eigenvalue weighted by molar-refractivity contribution is 7.07. The molecule has 0 fully saturated rings. The second kappa shape index (κ2) is 5.49. The molecule has 11 heavy (non-hydrogen) atoms. The summed E-state index contributed by atoms with van der Waals surface area (Å²) in [4.78, 5) is 8.29. The molecule has 0 aromatic carbocycles. The van der Waals surface area contributed by atoms with Gasteiger partial charge in [-0.25, -0.2) is 5.48 Å². The van der Waals surface area contributed by atoms with Gasteiger partial charge in [0.2, 0.25) is 0 Å². The number of hydrogen-bond acceptors (Lipinski definition) is 4. The molecule has 58 valence electrons. The van der Waals surface area contributed by atoms with Crippen molar-refractivity contribution in [1.29, 1.82) is 0 Å². The molecule has 0 atom stereocenters. The fourth-order valence-corrected chi connectivity index (χ4v) is 0.785. The van der Waals surface area contributed by atoms with Gasteiger partial charge in [0.25, 0.3) is 0 Å². The van der Waals surface area contributed by atoms with E-state index in [0.29, 0.717) is 0 Å². The third kappa shape index (κ3) is 4.16. The van der Waals surface area contributed by atoms with E-state index in [2.05, 4.69) is 15.3 Å². The lowest BCUT2D eigenvalue weighted by molar-refractivity contribution is 0.172. The molecule has 1 aromatic rings. The van der Waals surface area contributed by atoms with E-state index in [1.807, 2.05) is 11.5 Å². The number of rotatable bonds is 0. The smallest absolute Gasteiger partial charge is 0.119 e. The second-order valence-corrected chi connectivity index (χ2v) is 2.35. The SMILES string of the molecule is C1=CNOC=C1.c1cscn1. The maximum atomic E-state index is 4.55. The molecule has 0 unspecified atom stereocenters. The summed E-state index contributed by atoms with van der Waals surface area (Å²) in [6.45, 7) is 0. The summed E-state index contributed by atoms with van der Waals surface area (Å²) in [5.74, 6) is 0. The van der Waals surface area contributed by atoms with Crippen molar-refractivity contribution in [3.63, 3.8) is 0 Å². The van der Waals surface area contributed by atoms with Gasteiger partial charge in [-0.2, -0.15) is 0 Å². The Morgan fingerprint density at radius 2 is 2.36 bits per heavy atom. The minimum Gasteiger partial charge on any atom is -0.391 e. The van der Waals surface area contributed by atoms with Crippen molar-refractivity contribution in [2.45, 2.75) is 0 Å². The Kier molecular flexibility index (Phi) is 3.90. The maximum absolute atomic E-state index is 4.55. The summed E-state index contributed by atoms with van der Waals surface area (Å²) in [7, 11) is 0. The summed E-state index contributed by atoms with van der Waals surface area (Å²) in [5.41, 5.74) is 4.31. The van der Waals surface area contributed by atoms with Crippen LogP contribution in [0.5, 0.6) is 0 Å². The number of nitrogens with one attached hydrogen (secondary N) is 1. The van der Waals surface area contributed by atoms with Gasteiger partial charge in [-0.05, 0) is 12.2 Å². The van der Waals surface area contributed by atoms with E-state index < -0.39 is 0 Å². The van der Waals surface area contributed by atoms with Crippen LogP contribution in [0.4, 0.5) is 0 Å². The van der Waals surface area contributed by atoms with E-state index in [1.165, 1.54) is 0 Å². The Balaban J connectivity index is 0.000000112. The molecular formula is C7H8N2OS. The van der Waals surface area contributed by atoms with Gasteiger partial charge in [0.15, 0.2) is 0 Å². The van der Waals surface area contributed by atoms with Gasteiger partial charge < -0.3 is 4.84 Å². The standard InChI is InChI=1S/C4H5NO.C3H3NS/c1-2-4-6-5-3-1;1-2-5-3-4-1/h1-5H;1-3H. The molecule has 0 bridgehead atoms. The van der Waals surface area contributed by atoms with Crippen LogP contribution in [0.2, 0.25) is 0 Å². The van der Waals surface area contributed by atoms with Crippen molar-refractivity contribution < 1.29 is 4.84 Å². The number of nitrogens with zero attached hydrogens (tertiary/aromatic N) is 1. The van der Waals surface area contributed by atoms with Gasteiger partial charge in [0.1, 0.15) is 6.26 Å². The molecule has 0 saturated carbocycles. The first kappa shape index (κ1) is 7.81. The van der Waals surface area contributed by atoms with Gasteiger partial charge in [-0.3, -0.25) is 4.98 Å². The van der Waals surface area contributed by atoms with E-state index in [-0.39, 0.29) is 0 Å². The third-order valence-electron chi connectivity index (χ3n) is 0.837. The monoisotopic (exact) mass is 168 g/mol. The molecule has 0 radical (unpaired) electrons. The van der Waals surface area contributed by atoms with Gasteiger partial charge in [-0.15, -0.1) is 11.3 Å². The molecule has 1 aliphatic heterocycles. The number of aromatic nitrogens is 1. The molecule has 0 spiro atoms. The third-order valence-corrected chi connectivity index (χ3v) is 1.36. The van der Waals surface area contributed by atoms with Crippen LogP contribution in [0.15, 0.2) is 41.7 Å². The summed E-state index contributed by atoms with van der Waals surface area (Å²) < 4.78 is 0. The van der Waals surface area contributed by atoms with E-state index in [9.17, 15) is 0 Å². The van der Waals surface area contributed by atoms with E-state index in [0.717, 1.165) is 0 Å². The summed E-state index contributed by atoms with van der Waals surface area (Å²) in [6.07, 6.45) is 8.70. The van der Waals surface area contributed by atoms with E-state index >= 15 is 0 Å². The van der Waals surface area contributed by atoms with Crippen molar-refractivity contribution in [2.24, 2.45) is 0 Å². The zero-order valence-corrected chi connectivity index (χ0v) is 6.62. The van der Waals surface area contributed by atoms with Gasteiger partial charge in [0, 0.05) is 17.8 Å². The van der Waals surface area contributed by atoms with Crippen LogP contribution >= 0.6 is 11.3 Å². The van der Waals surface area contributed by atoms with Crippen molar-refractivity contribution in [2.75, 3.05) is 0 Å². The molecule has 0 aliphatic carbocycles. The van der Waals surface area contributed by atoms with Crippen molar-refractivity contribution in [3.05, 3.63) is 41.7 Å². The van der Waals surface area contributed by atoms with Crippen molar-refractivity contribution in [1.82, 2.24) is 10.5 Å². The summed E-state index contributed by atoms with van der Waals surface area (Å²) in [5, 5.41) is 1.93. The highest BCUT2D eigenvalue weighted by atomic mass is 32.1. The average molecular weight is 168 g/mol. The van der Waals surface area contributed by atoms with Gasteiger partial charge in [0.05, 0.1) is 5.51 Å². The van der Waals surface area contributed by atoms with Crippen LogP contribution < -0.4 is 5.48 Å². The Labute approximate surface area is 69.0 Å². The fraction of sp³-hybridized carbons (Fsp3) is 0. The normalized spacial score (nSPS) is 12.4. The Bertz CT molecular complexity index is 189. The van der Waals surface area contributed by atoms with E-state index in [4.69, 9.17) is 0 Å². The molecule has 1 aromatic heterocycles. The highest BCUT2D eigenvalue weighted by Crippen LogP contribution is 1.85. The molecule has 4 heteroatoms. The molecular weight excluding hydrogens is 160 g/mol. The number of hydroxylamine groups is 1. The van der Waals surface area contributed by atoms with Gasteiger partial charge in [-0.1, -0.05) is 0 Å². The molecule has 2 rings (SSSR count). The van der Waals surface area contributed by atoms with Crippen LogP contribution in [0.3, 0.4) is 0 Å². The topological polar surface area (TPSA) is 34.1 Å². The van der Waals surface area contributed by atoms with Gasteiger partial charge >= 0.3 is 0 Å². The average Bonchev–Trinajstić information content (AvgIpc) is 2.64. The largest absolute Gasteiger partial charge is 0.391 e. The Hall–Kier alpha value is -1.29. The molecule has 1 aliphatic rings. The number of hydrogen-bond donors (Lipinski definition) is 1. The minimum atomic E-state index is 1.57. The molecule has 0 amide bonds. The van der Waals surface area contributed by atoms with Crippen LogP contribution in [0.1, 0.15) is 0 Å². The van der Waals surface area contributed by atoms with Crippen molar-refractivity contribution in [3.8, 4) is 0 Å². The lowest BCUT2D eigenvalue weighted by Gasteiger charge is -1.97. The van der Waals surface area contributed by atoms with E-state index in [1.54, 1.807) is 41.6 Å². The molecule has 3 nitrogen and oxygen atoms in total. The summed E-state index contributed by atoms with van der Waals surface area (Å²) >= 11 is 1.60. The van der Waals surface area contributed by atoms with Crippen LogP contribution in [0.25, 0.3) is 0 Å². The second-order valence-electron chi connectivity index (χ2n) is 1.60. The quantitative estimate of drug-likeness (QED) is 0.640. The van der Waals surface area contributed by atoms with Crippen LogP contribution in [-0.4, -0.2) is 4.98 Å². The zero-order valence-electron chi connectivity index (χ0n) is 5.81. The lowest BCUT2D eigenvalue weighted by Crippen LogP contribution is -2.01. The Morgan fingerprint density at radius 3 is 2.55 bits per heavy atom. The highest BCUT2D eigenvalue weighted by Gasteiger charge is 1.72. The summed E-state index contributed by atoms with van der Waals surface area (Å²) in [6, 6.07) is 0. The predicted molar refractivity (Wildman–Crippen MR) is 44.6 cm³/mol. The first-order valence-electron chi connectivity index (χ1n) is 3.05. The minimum absolute atomic E-state index is 1.57. The molecule has 0 saturated heterocycles. The van der Waals surface area contributed by atoms with Crippen molar-refractivity contribution >= 4 is 11.3 Å². The molecule has 1 N–H and O–H groups in total. The maximum Gasteiger partial charge on any atom is 0.119 e. The van der Waals surface area contributed by atoms with Crippen LogP contribution in [-0.2, 0) is 4.84 Å². The number of thiazole rings is 1. The van der Waals surface area contributed by atoms with Crippen LogP contribution in [0, 0.1) is 0 Å².